The maximum Gasteiger partial charge on any atom is 0.222 e. The Morgan fingerprint density at radius 3 is 1.04 bits per heavy atom. The Morgan fingerprint density at radius 1 is 0.457 bits per heavy atom. The fourth-order valence-electron chi connectivity index (χ4n) is 6.70. The summed E-state index contributed by atoms with van der Waals surface area (Å²) in [6.07, 6.45) is 40.6. The van der Waals surface area contributed by atoms with Gasteiger partial charge in [-0.3, -0.25) is 4.79 Å². The van der Waals surface area contributed by atoms with Gasteiger partial charge in [0.05, 0.1) is 31.3 Å². The molecular formula is C41H83NO4. The van der Waals surface area contributed by atoms with Gasteiger partial charge in [0.15, 0.2) is 0 Å². The molecule has 0 radical (unpaired) electrons. The van der Waals surface area contributed by atoms with E-state index in [0.717, 1.165) is 25.7 Å². The van der Waals surface area contributed by atoms with Crippen molar-refractivity contribution in [3.8, 4) is 0 Å². The molecule has 0 heterocycles. The molecule has 0 rings (SSSR count). The van der Waals surface area contributed by atoms with Crippen molar-refractivity contribution in [3.05, 3.63) is 0 Å². The zero-order valence-electron chi connectivity index (χ0n) is 31.2. The minimum atomic E-state index is -0.742. The van der Waals surface area contributed by atoms with Crippen LogP contribution >= 0.6 is 0 Å². The minimum Gasteiger partial charge on any atom is -0.394 e. The summed E-state index contributed by atoms with van der Waals surface area (Å²) < 4.78 is 0. The van der Waals surface area contributed by atoms with E-state index < -0.39 is 18.2 Å². The van der Waals surface area contributed by atoms with Gasteiger partial charge in [-0.05, 0) is 12.8 Å². The maximum atomic E-state index is 12.4. The Hall–Kier alpha value is -0.650. The van der Waals surface area contributed by atoms with Gasteiger partial charge in [0, 0.05) is 0 Å². The first-order chi connectivity index (χ1) is 22.5. The maximum absolute atomic E-state index is 12.4. The average Bonchev–Trinajstić information content (AvgIpc) is 3.05. The van der Waals surface area contributed by atoms with Crippen LogP contribution in [0, 0.1) is 0 Å². The Kier molecular flexibility index (Phi) is 36.6. The van der Waals surface area contributed by atoms with E-state index in [1.807, 2.05) is 0 Å². The molecule has 4 N–H and O–H groups in total. The zero-order valence-corrected chi connectivity index (χ0v) is 31.2. The third kappa shape index (κ3) is 33.3. The third-order valence-electron chi connectivity index (χ3n) is 9.92. The Labute approximate surface area is 287 Å². The van der Waals surface area contributed by atoms with E-state index in [2.05, 4.69) is 19.2 Å². The van der Waals surface area contributed by atoms with Crippen molar-refractivity contribution >= 4 is 5.91 Å². The summed E-state index contributed by atoms with van der Waals surface area (Å²) in [5.74, 6) is -0.279. The molecule has 276 valence electrons. The van der Waals surface area contributed by atoms with Crippen molar-refractivity contribution in [1.82, 2.24) is 5.32 Å². The first-order valence-corrected chi connectivity index (χ1v) is 20.8. The van der Waals surface area contributed by atoms with Gasteiger partial charge in [-0.25, -0.2) is 0 Å². The Morgan fingerprint density at radius 2 is 0.739 bits per heavy atom. The standard InChI is InChI=1S/C41H83NO4/c1-3-5-7-9-11-13-15-17-18-19-20-21-23-24-26-28-30-32-34-38(44)36-41(46)42-39(37-43)40(45)35-33-31-29-27-25-22-16-14-12-10-8-6-4-2/h38-40,43-45H,3-37H2,1-2H3,(H,42,46). The quantitative estimate of drug-likeness (QED) is 0.0499. The van der Waals surface area contributed by atoms with Crippen molar-refractivity contribution in [1.29, 1.82) is 0 Å². The fraction of sp³-hybridized carbons (Fsp3) is 0.976. The first kappa shape index (κ1) is 45.3. The van der Waals surface area contributed by atoms with Crippen LogP contribution in [0.4, 0.5) is 0 Å². The monoisotopic (exact) mass is 654 g/mol. The van der Waals surface area contributed by atoms with Gasteiger partial charge in [0.25, 0.3) is 0 Å². The summed E-state index contributed by atoms with van der Waals surface area (Å²) in [6.45, 7) is 4.27. The first-order valence-electron chi connectivity index (χ1n) is 20.8. The molecule has 0 spiro atoms. The number of hydrogen-bond donors (Lipinski definition) is 4. The van der Waals surface area contributed by atoms with E-state index in [-0.39, 0.29) is 18.9 Å². The second-order valence-electron chi connectivity index (χ2n) is 14.6. The highest BCUT2D eigenvalue weighted by Crippen LogP contribution is 2.17. The predicted molar refractivity (Wildman–Crippen MR) is 199 cm³/mol. The van der Waals surface area contributed by atoms with E-state index in [9.17, 15) is 20.1 Å². The highest BCUT2D eigenvalue weighted by molar-refractivity contribution is 5.76. The van der Waals surface area contributed by atoms with E-state index in [0.29, 0.717) is 12.8 Å². The number of aliphatic hydroxyl groups excluding tert-OH is 3. The van der Waals surface area contributed by atoms with Gasteiger partial charge in [-0.2, -0.15) is 0 Å². The third-order valence-corrected chi connectivity index (χ3v) is 9.92. The van der Waals surface area contributed by atoms with Crippen LogP contribution < -0.4 is 5.32 Å². The van der Waals surface area contributed by atoms with Crippen molar-refractivity contribution in [2.24, 2.45) is 0 Å². The van der Waals surface area contributed by atoms with Crippen molar-refractivity contribution in [3.63, 3.8) is 0 Å². The molecule has 0 saturated carbocycles. The van der Waals surface area contributed by atoms with E-state index >= 15 is 0 Å². The lowest BCUT2D eigenvalue weighted by atomic mass is 10.0. The largest absolute Gasteiger partial charge is 0.394 e. The summed E-state index contributed by atoms with van der Waals surface area (Å²) in [5, 5.41) is 33.3. The number of carbonyl (C=O) groups excluding carboxylic acids is 1. The second kappa shape index (κ2) is 37.2. The van der Waals surface area contributed by atoms with Crippen LogP contribution in [0.3, 0.4) is 0 Å². The molecule has 0 fully saturated rings. The predicted octanol–water partition coefficient (Wildman–Crippen LogP) is 11.5. The lowest BCUT2D eigenvalue weighted by molar-refractivity contribution is -0.125. The van der Waals surface area contributed by atoms with Gasteiger partial charge in [-0.15, -0.1) is 0 Å². The number of amides is 1. The van der Waals surface area contributed by atoms with E-state index in [1.165, 1.54) is 173 Å². The molecule has 5 heteroatoms. The van der Waals surface area contributed by atoms with Crippen LogP contribution in [0.1, 0.15) is 232 Å². The minimum absolute atomic E-state index is 0.0426. The molecular weight excluding hydrogens is 570 g/mol. The molecule has 0 aliphatic heterocycles. The van der Waals surface area contributed by atoms with Crippen LogP contribution in [0.2, 0.25) is 0 Å². The zero-order chi connectivity index (χ0) is 33.8. The number of aliphatic hydroxyl groups is 3. The highest BCUT2D eigenvalue weighted by atomic mass is 16.3. The lowest BCUT2D eigenvalue weighted by Crippen LogP contribution is -2.46. The highest BCUT2D eigenvalue weighted by Gasteiger charge is 2.21. The number of rotatable bonds is 38. The Balaban J connectivity index is 3.59. The number of hydrogen-bond acceptors (Lipinski definition) is 4. The second-order valence-corrected chi connectivity index (χ2v) is 14.6. The molecule has 5 nitrogen and oxygen atoms in total. The Bertz CT molecular complexity index is 601. The molecule has 0 aromatic carbocycles. The molecule has 46 heavy (non-hydrogen) atoms. The number of unbranched alkanes of at least 4 members (excludes halogenated alkanes) is 29. The van der Waals surface area contributed by atoms with Crippen LogP contribution in [0.15, 0.2) is 0 Å². The fourth-order valence-corrected chi connectivity index (χ4v) is 6.70. The van der Waals surface area contributed by atoms with Crippen LogP contribution in [-0.2, 0) is 4.79 Å². The van der Waals surface area contributed by atoms with Gasteiger partial charge < -0.3 is 20.6 Å². The lowest BCUT2D eigenvalue weighted by Gasteiger charge is -2.23. The van der Waals surface area contributed by atoms with Gasteiger partial charge in [-0.1, -0.05) is 213 Å². The van der Waals surface area contributed by atoms with Crippen molar-refractivity contribution < 1.29 is 20.1 Å². The van der Waals surface area contributed by atoms with Crippen LogP contribution in [-0.4, -0.2) is 46.1 Å². The molecule has 0 saturated heterocycles. The summed E-state index contributed by atoms with van der Waals surface area (Å²) in [5.41, 5.74) is 0. The van der Waals surface area contributed by atoms with Crippen LogP contribution in [0.25, 0.3) is 0 Å². The van der Waals surface area contributed by atoms with E-state index in [4.69, 9.17) is 0 Å². The molecule has 1 amide bonds. The summed E-state index contributed by atoms with van der Waals surface area (Å²) in [4.78, 5) is 12.4. The van der Waals surface area contributed by atoms with Crippen molar-refractivity contribution in [2.75, 3.05) is 6.61 Å². The normalized spacial score (nSPS) is 13.6. The number of nitrogens with one attached hydrogen (secondary N) is 1. The summed E-state index contributed by atoms with van der Waals surface area (Å²) in [6, 6.07) is -0.651. The van der Waals surface area contributed by atoms with Gasteiger partial charge in [0.2, 0.25) is 5.91 Å². The van der Waals surface area contributed by atoms with Crippen LogP contribution in [0.5, 0.6) is 0 Å². The van der Waals surface area contributed by atoms with E-state index in [1.54, 1.807) is 0 Å². The average molecular weight is 654 g/mol. The molecule has 0 aliphatic carbocycles. The smallest absolute Gasteiger partial charge is 0.222 e. The van der Waals surface area contributed by atoms with Gasteiger partial charge >= 0.3 is 0 Å². The topological polar surface area (TPSA) is 89.8 Å². The SMILES string of the molecule is CCCCCCCCCCCCCCCCCCCCC(O)CC(=O)NC(CO)C(O)CCCCCCCCCCCCCCC. The molecule has 0 aliphatic rings. The number of carbonyl (C=O) groups is 1. The molecule has 0 bridgehead atoms. The molecule has 0 aromatic heterocycles. The summed E-state index contributed by atoms with van der Waals surface area (Å²) in [7, 11) is 0. The molecule has 3 unspecified atom stereocenters. The van der Waals surface area contributed by atoms with Crippen molar-refractivity contribution in [2.45, 2.75) is 250 Å². The van der Waals surface area contributed by atoms with Gasteiger partial charge in [0.1, 0.15) is 0 Å². The molecule has 0 aromatic rings. The molecule has 3 atom stereocenters. The summed E-state index contributed by atoms with van der Waals surface area (Å²) >= 11 is 0.